The van der Waals surface area contributed by atoms with Crippen LogP contribution in [0, 0.1) is 6.92 Å². The summed E-state index contributed by atoms with van der Waals surface area (Å²) in [6.07, 6.45) is 1.56. The second-order valence-electron chi connectivity index (χ2n) is 4.52. The van der Waals surface area contributed by atoms with Crippen molar-refractivity contribution in [1.29, 1.82) is 0 Å². The lowest BCUT2D eigenvalue weighted by Gasteiger charge is -2.25. The molecule has 0 aliphatic carbocycles. The largest absolute Gasteiger partial charge is 0.313 e. The van der Waals surface area contributed by atoms with Crippen molar-refractivity contribution in [2.75, 3.05) is 13.1 Å². The van der Waals surface area contributed by atoms with E-state index in [0.29, 0.717) is 13.1 Å². The fourth-order valence-electron chi connectivity index (χ4n) is 1.76. The molecule has 2 rings (SSSR count). The lowest BCUT2D eigenvalue weighted by molar-refractivity contribution is -0.0574. The van der Waals surface area contributed by atoms with Crippen molar-refractivity contribution >= 4 is 10.1 Å². The number of nitrogens with zero attached hydrogens (tertiary/aromatic N) is 1. The van der Waals surface area contributed by atoms with Crippen LogP contribution in [-0.2, 0) is 14.4 Å². The molecule has 1 aliphatic heterocycles. The van der Waals surface area contributed by atoms with E-state index in [1.165, 1.54) is 5.06 Å². The second-order valence-corrected chi connectivity index (χ2v) is 6.05. The maximum atomic E-state index is 12.0. The van der Waals surface area contributed by atoms with Gasteiger partial charge >= 0.3 is 10.1 Å². The molecule has 98 valence electrons. The quantitative estimate of drug-likeness (QED) is 0.788. The average molecular weight is 267 g/mol. The van der Waals surface area contributed by atoms with Gasteiger partial charge in [0.15, 0.2) is 0 Å². The summed E-state index contributed by atoms with van der Waals surface area (Å²) in [5.41, 5.74) is 2.16. The van der Waals surface area contributed by atoms with Crippen molar-refractivity contribution in [3.05, 3.63) is 42.0 Å². The van der Waals surface area contributed by atoms with Gasteiger partial charge in [0.05, 0.1) is 4.90 Å². The molecule has 0 aromatic heterocycles. The minimum atomic E-state index is -3.70. The van der Waals surface area contributed by atoms with Crippen molar-refractivity contribution < 1.29 is 12.7 Å². The van der Waals surface area contributed by atoms with Gasteiger partial charge in [-0.25, -0.2) is 0 Å². The van der Waals surface area contributed by atoms with E-state index in [1.807, 2.05) is 6.92 Å². The zero-order valence-corrected chi connectivity index (χ0v) is 11.2. The van der Waals surface area contributed by atoms with Gasteiger partial charge in [0.1, 0.15) is 0 Å². The standard InChI is InChI=1S/C13H17NO3S/c1-11-3-5-13(6-4-11)18(15,16)17-14-9-7-12(2)8-10-14/h3-6H,2,7-10H2,1H3. The third kappa shape index (κ3) is 3.19. The van der Waals surface area contributed by atoms with Crippen LogP contribution in [0.1, 0.15) is 18.4 Å². The number of hydrogen-bond acceptors (Lipinski definition) is 4. The van der Waals surface area contributed by atoms with Gasteiger partial charge in [-0.05, 0) is 31.9 Å². The van der Waals surface area contributed by atoms with Crippen molar-refractivity contribution in [3.63, 3.8) is 0 Å². The smallest absolute Gasteiger partial charge is 0.192 e. The van der Waals surface area contributed by atoms with Crippen LogP contribution in [0.15, 0.2) is 41.3 Å². The fourth-order valence-corrected chi connectivity index (χ4v) is 2.75. The van der Waals surface area contributed by atoms with E-state index in [2.05, 4.69) is 6.58 Å². The summed E-state index contributed by atoms with van der Waals surface area (Å²) in [6, 6.07) is 6.64. The Bertz CT molecular complexity index is 524. The van der Waals surface area contributed by atoms with Crippen molar-refractivity contribution in [3.8, 4) is 0 Å². The number of benzene rings is 1. The molecule has 0 saturated carbocycles. The highest BCUT2D eigenvalue weighted by atomic mass is 32.2. The van der Waals surface area contributed by atoms with E-state index in [9.17, 15) is 8.42 Å². The number of hydrogen-bond donors (Lipinski definition) is 0. The molecule has 0 unspecified atom stereocenters. The van der Waals surface area contributed by atoms with Gasteiger partial charge in [-0.3, -0.25) is 0 Å². The minimum absolute atomic E-state index is 0.192. The van der Waals surface area contributed by atoms with Crippen LogP contribution in [0.2, 0.25) is 0 Å². The summed E-state index contributed by atoms with van der Waals surface area (Å²) >= 11 is 0. The SMILES string of the molecule is C=C1CCN(OS(=O)(=O)c2ccc(C)cc2)CC1. The van der Waals surface area contributed by atoms with Crippen molar-refractivity contribution in [2.45, 2.75) is 24.7 Å². The zero-order chi connectivity index (χ0) is 13.2. The molecule has 0 amide bonds. The lowest BCUT2D eigenvalue weighted by Crippen LogP contribution is -2.33. The van der Waals surface area contributed by atoms with Crippen LogP contribution in [0.5, 0.6) is 0 Å². The Morgan fingerprint density at radius 2 is 1.72 bits per heavy atom. The highest BCUT2D eigenvalue weighted by Gasteiger charge is 2.22. The molecule has 18 heavy (non-hydrogen) atoms. The second kappa shape index (κ2) is 5.22. The van der Waals surface area contributed by atoms with Gasteiger partial charge in [0, 0.05) is 13.1 Å². The molecular weight excluding hydrogens is 250 g/mol. The Balaban J connectivity index is 2.07. The van der Waals surface area contributed by atoms with Gasteiger partial charge in [-0.1, -0.05) is 29.8 Å². The first-order valence-corrected chi connectivity index (χ1v) is 7.31. The summed E-state index contributed by atoms with van der Waals surface area (Å²) in [5.74, 6) is 0. The number of rotatable bonds is 3. The summed E-state index contributed by atoms with van der Waals surface area (Å²) in [5, 5.41) is 1.49. The first kappa shape index (κ1) is 13.3. The molecule has 1 heterocycles. The lowest BCUT2D eigenvalue weighted by atomic mass is 10.1. The molecule has 1 aromatic rings. The number of piperidine rings is 1. The molecule has 4 nitrogen and oxygen atoms in total. The third-order valence-corrected chi connectivity index (χ3v) is 4.20. The molecule has 0 spiro atoms. The summed E-state index contributed by atoms with van der Waals surface area (Å²) in [6.45, 7) is 6.94. The van der Waals surface area contributed by atoms with Gasteiger partial charge in [-0.15, -0.1) is 0 Å². The van der Waals surface area contributed by atoms with Crippen LogP contribution in [0.25, 0.3) is 0 Å². The zero-order valence-electron chi connectivity index (χ0n) is 10.4. The molecule has 5 heteroatoms. The highest BCUT2D eigenvalue weighted by molar-refractivity contribution is 7.86. The Labute approximate surface area is 108 Å². The molecule has 1 fully saturated rings. The summed E-state index contributed by atoms with van der Waals surface area (Å²) in [7, 11) is -3.70. The van der Waals surface area contributed by atoms with Crippen LogP contribution in [0.4, 0.5) is 0 Å². The van der Waals surface area contributed by atoms with E-state index in [0.717, 1.165) is 24.0 Å². The van der Waals surface area contributed by atoms with E-state index < -0.39 is 10.1 Å². The molecule has 0 bridgehead atoms. The molecule has 1 aromatic carbocycles. The first-order valence-electron chi connectivity index (χ1n) is 5.90. The number of aryl methyl sites for hydroxylation is 1. The Morgan fingerprint density at radius 3 is 2.28 bits per heavy atom. The van der Waals surface area contributed by atoms with Crippen LogP contribution in [-0.4, -0.2) is 26.6 Å². The predicted molar refractivity (Wildman–Crippen MR) is 69.4 cm³/mol. The van der Waals surface area contributed by atoms with Gasteiger partial charge in [0.25, 0.3) is 0 Å². The maximum Gasteiger partial charge on any atom is 0.313 e. The molecule has 1 aliphatic rings. The molecule has 0 atom stereocenters. The third-order valence-electron chi connectivity index (χ3n) is 2.94. The van der Waals surface area contributed by atoms with E-state index >= 15 is 0 Å². The average Bonchev–Trinajstić information content (AvgIpc) is 2.32. The minimum Gasteiger partial charge on any atom is -0.192 e. The Hall–Kier alpha value is -1.17. The highest BCUT2D eigenvalue weighted by Crippen LogP contribution is 2.19. The fraction of sp³-hybridized carbons (Fsp3) is 0.385. The summed E-state index contributed by atoms with van der Waals surface area (Å²) in [4.78, 5) is 0.192. The van der Waals surface area contributed by atoms with Gasteiger partial charge in [0.2, 0.25) is 0 Å². The first-order chi connectivity index (χ1) is 8.47. The number of hydroxylamine groups is 2. The molecular formula is C13H17NO3S. The van der Waals surface area contributed by atoms with Crippen molar-refractivity contribution in [2.24, 2.45) is 0 Å². The molecule has 0 N–H and O–H groups in total. The Kier molecular flexibility index (Phi) is 3.85. The predicted octanol–water partition coefficient (Wildman–Crippen LogP) is 2.27. The van der Waals surface area contributed by atoms with Crippen LogP contribution < -0.4 is 0 Å². The Morgan fingerprint density at radius 1 is 1.17 bits per heavy atom. The van der Waals surface area contributed by atoms with Gasteiger partial charge < -0.3 is 0 Å². The van der Waals surface area contributed by atoms with E-state index in [4.69, 9.17) is 4.28 Å². The normalized spacial score (nSPS) is 17.9. The maximum absolute atomic E-state index is 12.0. The van der Waals surface area contributed by atoms with Crippen molar-refractivity contribution in [1.82, 2.24) is 5.06 Å². The monoisotopic (exact) mass is 267 g/mol. The van der Waals surface area contributed by atoms with E-state index in [1.54, 1.807) is 24.3 Å². The topological polar surface area (TPSA) is 46.6 Å². The van der Waals surface area contributed by atoms with Gasteiger partial charge in [-0.2, -0.15) is 17.8 Å². The molecule has 1 saturated heterocycles. The van der Waals surface area contributed by atoms with Crippen LogP contribution >= 0.6 is 0 Å². The summed E-state index contributed by atoms with van der Waals surface area (Å²) < 4.78 is 29.1. The molecule has 0 radical (unpaired) electrons. The van der Waals surface area contributed by atoms with Crippen LogP contribution in [0.3, 0.4) is 0 Å². The van der Waals surface area contributed by atoms with E-state index in [-0.39, 0.29) is 4.90 Å².